The molecule has 1 N–H and O–H groups in total. The number of aryl methyl sites for hydroxylation is 1. The average Bonchev–Trinajstić information content (AvgIpc) is 2.80. The third-order valence-electron chi connectivity index (χ3n) is 4.24. The lowest BCUT2D eigenvalue weighted by atomic mass is 9.99. The number of unbranched alkanes of at least 4 members (excludes halogenated alkanes) is 1. The predicted octanol–water partition coefficient (Wildman–Crippen LogP) is 4.28. The molecule has 20 heavy (non-hydrogen) atoms. The SMILES string of the molecule is CCCCC(CC)Cn1nc(CC)c(C(C)O)c1CC. The molecule has 0 spiro atoms. The number of aliphatic hydroxyl groups is 1. The van der Waals surface area contributed by atoms with E-state index in [1.807, 2.05) is 6.92 Å². The molecule has 0 saturated carbocycles. The fourth-order valence-electron chi connectivity index (χ4n) is 2.99. The van der Waals surface area contributed by atoms with Crippen LogP contribution in [0.4, 0.5) is 0 Å². The van der Waals surface area contributed by atoms with Crippen LogP contribution in [0.5, 0.6) is 0 Å². The molecule has 0 aliphatic heterocycles. The fourth-order valence-corrected chi connectivity index (χ4v) is 2.99. The van der Waals surface area contributed by atoms with Crippen LogP contribution in [0.25, 0.3) is 0 Å². The number of nitrogens with zero attached hydrogens (tertiary/aromatic N) is 2. The first kappa shape index (κ1) is 17.2. The summed E-state index contributed by atoms with van der Waals surface area (Å²) in [4.78, 5) is 0. The van der Waals surface area contributed by atoms with Gasteiger partial charge >= 0.3 is 0 Å². The average molecular weight is 280 g/mol. The van der Waals surface area contributed by atoms with Crippen LogP contribution in [0.2, 0.25) is 0 Å². The van der Waals surface area contributed by atoms with E-state index >= 15 is 0 Å². The summed E-state index contributed by atoms with van der Waals surface area (Å²) in [5, 5.41) is 14.8. The van der Waals surface area contributed by atoms with Crippen molar-refractivity contribution >= 4 is 0 Å². The van der Waals surface area contributed by atoms with E-state index in [9.17, 15) is 5.11 Å². The predicted molar refractivity (Wildman–Crippen MR) is 84.9 cm³/mol. The number of aliphatic hydroxyl groups excluding tert-OH is 1. The minimum Gasteiger partial charge on any atom is -0.389 e. The minimum absolute atomic E-state index is 0.413. The molecule has 2 atom stereocenters. The molecule has 0 fully saturated rings. The van der Waals surface area contributed by atoms with Crippen LogP contribution in [-0.2, 0) is 19.4 Å². The van der Waals surface area contributed by atoms with Crippen molar-refractivity contribution in [3.05, 3.63) is 17.0 Å². The molecule has 0 aromatic carbocycles. The summed E-state index contributed by atoms with van der Waals surface area (Å²) >= 11 is 0. The highest BCUT2D eigenvalue weighted by Crippen LogP contribution is 2.25. The smallest absolute Gasteiger partial charge is 0.0798 e. The van der Waals surface area contributed by atoms with Crippen molar-refractivity contribution in [3.63, 3.8) is 0 Å². The van der Waals surface area contributed by atoms with Gasteiger partial charge in [0.05, 0.1) is 11.8 Å². The van der Waals surface area contributed by atoms with Crippen molar-refractivity contribution in [1.29, 1.82) is 0 Å². The van der Waals surface area contributed by atoms with Crippen molar-refractivity contribution in [2.45, 2.75) is 85.8 Å². The standard InChI is InChI=1S/C17H32N2O/c1-6-10-11-14(7-2)12-19-16(9-4)17(13(5)20)15(8-3)18-19/h13-14,20H,6-12H2,1-5H3. The van der Waals surface area contributed by atoms with Gasteiger partial charge in [-0.1, -0.05) is 47.0 Å². The zero-order chi connectivity index (χ0) is 15.1. The van der Waals surface area contributed by atoms with E-state index in [2.05, 4.69) is 32.4 Å². The molecule has 0 aliphatic carbocycles. The minimum atomic E-state index is -0.413. The summed E-state index contributed by atoms with van der Waals surface area (Å²) in [5.74, 6) is 0.701. The lowest BCUT2D eigenvalue weighted by Crippen LogP contribution is -2.14. The number of hydrogen-bond donors (Lipinski definition) is 1. The van der Waals surface area contributed by atoms with Crippen molar-refractivity contribution in [3.8, 4) is 0 Å². The molecule has 0 saturated heterocycles. The Morgan fingerprint density at radius 1 is 1.15 bits per heavy atom. The highest BCUT2D eigenvalue weighted by molar-refractivity contribution is 5.28. The molecule has 0 radical (unpaired) electrons. The Kier molecular flexibility index (Phi) is 7.28. The van der Waals surface area contributed by atoms with Crippen molar-refractivity contribution in [2.75, 3.05) is 0 Å². The quantitative estimate of drug-likeness (QED) is 0.733. The van der Waals surface area contributed by atoms with E-state index in [4.69, 9.17) is 5.10 Å². The van der Waals surface area contributed by atoms with E-state index in [-0.39, 0.29) is 0 Å². The van der Waals surface area contributed by atoms with Crippen LogP contribution in [-0.4, -0.2) is 14.9 Å². The van der Waals surface area contributed by atoms with Crippen molar-refractivity contribution in [1.82, 2.24) is 9.78 Å². The first-order valence-corrected chi connectivity index (χ1v) is 8.35. The lowest BCUT2D eigenvalue weighted by molar-refractivity contribution is 0.197. The van der Waals surface area contributed by atoms with Gasteiger partial charge in [-0.15, -0.1) is 0 Å². The summed E-state index contributed by atoms with van der Waals surface area (Å²) in [5.41, 5.74) is 3.37. The number of aromatic nitrogens is 2. The molecule has 0 amide bonds. The van der Waals surface area contributed by atoms with Crippen LogP contribution in [0.15, 0.2) is 0 Å². The summed E-state index contributed by atoms with van der Waals surface area (Å²) in [6, 6.07) is 0. The third kappa shape index (κ3) is 4.08. The van der Waals surface area contributed by atoms with Gasteiger partial charge in [-0.3, -0.25) is 4.68 Å². The van der Waals surface area contributed by atoms with Gasteiger partial charge in [-0.05, 0) is 32.1 Å². The van der Waals surface area contributed by atoms with Gasteiger partial charge in [0.25, 0.3) is 0 Å². The van der Waals surface area contributed by atoms with E-state index in [0.29, 0.717) is 5.92 Å². The Morgan fingerprint density at radius 2 is 1.85 bits per heavy atom. The van der Waals surface area contributed by atoms with Gasteiger partial charge in [0, 0.05) is 17.8 Å². The van der Waals surface area contributed by atoms with Gasteiger partial charge in [0.1, 0.15) is 0 Å². The molecule has 3 heteroatoms. The zero-order valence-electron chi connectivity index (χ0n) is 13.9. The van der Waals surface area contributed by atoms with Crippen LogP contribution >= 0.6 is 0 Å². The summed E-state index contributed by atoms with van der Waals surface area (Å²) in [7, 11) is 0. The molecule has 3 nitrogen and oxygen atoms in total. The molecule has 116 valence electrons. The lowest BCUT2D eigenvalue weighted by Gasteiger charge is -2.17. The van der Waals surface area contributed by atoms with Crippen LogP contribution in [0, 0.1) is 5.92 Å². The van der Waals surface area contributed by atoms with Gasteiger partial charge in [-0.25, -0.2) is 0 Å². The summed E-state index contributed by atoms with van der Waals surface area (Å²) in [6.45, 7) is 11.6. The second-order valence-corrected chi connectivity index (χ2v) is 5.79. The number of rotatable bonds is 9. The highest BCUT2D eigenvalue weighted by Gasteiger charge is 2.20. The Balaban J connectivity index is 2.99. The van der Waals surface area contributed by atoms with Crippen molar-refractivity contribution in [2.24, 2.45) is 5.92 Å². The summed E-state index contributed by atoms with van der Waals surface area (Å²) < 4.78 is 2.17. The molecular formula is C17H32N2O. The topological polar surface area (TPSA) is 38.0 Å². The van der Waals surface area contributed by atoms with Crippen LogP contribution < -0.4 is 0 Å². The Bertz CT molecular complexity index is 396. The Hall–Kier alpha value is -0.830. The molecule has 1 heterocycles. The zero-order valence-corrected chi connectivity index (χ0v) is 13.9. The first-order chi connectivity index (χ1) is 9.58. The maximum Gasteiger partial charge on any atom is 0.0798 e. The van der Waals surface area contributed by atoms with Gasteiger partial charge in [0.2, 0.25) is 0 Å². The van der Waals surface area contributed by atoms with Gasteiger partial charge in [-0.2, -0.15) is 5.10 Å². The first-order valence-electron chi connectivity index (χ1n) is 8.35. The molecule has 1 rings (SSSR count). The molecule has 0 aliphatic rings. The third-order valence-corrected chi connectivity index (χ3v) is 4.24. The second kappa shape index (κ2) is 8.46. The van der Waals surface area contributed by atoms with Crippen LogP contribution in [0.1, 0.15) is 83.4 Å². The van der Waals surface area contributed by atoms with E-state index < -0.39 is 6.10 Å². The Labute approximate surface area is 124 Å². The molecule has 1 aromatic rings. The Morgan fingerprint density at radius 3 is 2.30 bits per heavy atom. The molecule has 2 unspecified atom stereocenters. The molecule has 1 aromatic heterocycles. The monoisotopic (exact) mass is 280 g/mol. The maximum atomic E-state index is 10.0. The highest BCUT2D eigenvalue weighted by atomic mass is 16.3. The normalized spacial score (nSPS) is 14.5. The van der Waals surface area contributed by atoms with Crippen molar-refractivity contribution < 1.29 is 5.11 Å². The largest absolute Gasteiger partial charge is 0.389 e. The van der Waals surface area contributed by atoms with E-state index in [1.165, 1.54) is 31.4 Å². The van der Waals surface area contributed by atoms with E-state index in [1.54, 1.807) is 0 Å². The molecule has 0 bridgehead atoms. The fraction of sp³-hybridized carbons (Fsp3) is 0.824. The summed E-state index contributed by atoms with van der Waals surface area (Å²) in [6.07, 6.45) is 6.46. The van der Waals surface area contributed by atoms with E-state index in [0.717, 1.165) is 30.6 Å². The molecular weight excluding hydrogens is 248 g/mol. The number of hydrogen-bond acceptors (Lipinski definition) is 2. The van der Waals surface area contributed by atoms with Crippen LogP contribution in [0.3, 0.4) is 0 Å². The van der Waals surface area contributed by atoms with Gasteiger partial charge < -0.3 is 5.11 Å². The second-order valence-electron chi connectivity index (χ2n) is 5.79. The maximum absolute atomic E-state index is 10.0. The van der Waals surface area contributed by atoms with Gasteiger partial charge in [0.15, 0.2) is 0 Å².